The average Bonchev–Trinajstić information content (AvgIpc) is 2.88. The summed E-state index contributed by atoms with van der Waals surface area (Å²) >= 11 is 1.27. The largest absolute Gasteiger partial charge is 0.352 e. The number of halogens is 2. The zero-order valence-electron chi connectivity index (χ0n) is 20.6. The van der Waals surface area contributed by atoms with Gasteiger partial charge in [-0.05, 0) is 36.6 Å². The molecule has 190 valence electrons. The van der Waals surface area contributed by atoms with Crippen LogP contribution in [0.2, 0.25) is 0 Å². The van der Waals surface area contributed by atoms with Crippen LogP contribution >= 0.6 is 11.8 Å². The predicted octanol–water partition coefficient (Wildman–Crippen LogP) is 5.75. The van der Waals surface area contributed by atoms with E-state index >= 15 is 0 Å². The van der Waals surface area contributed by atoms with Crippen LogP contribution in [0, 0.1) is 11.6 Å². The van der Waals surface area contributed by atoms with Gasteiger partial charge in [0.1, 0.15) is 17.7 Å². The van der Waals surface area contributed by atoms with Crippen molar-refractivity contribution in [2.75, 3.05) is 5.75 Å². The highest BCUT2D eigenvalue weighted by Crippen LogP contribution is 2.20. The second kappa shape index (κ2) is 13.8. The molecule has 3 aromatic carbocycles. The number of carbonyl (C=O) groups excluding carboxylic acids is 2. The molecule has 0 saturated carbocycles. The van der Waals surface area contributed by atoms with E-state index in [0.717, 1.165) is 12.0 Å². The first-order valence-corrected chi connectivity index (χ1v) is 13.2. The molecule has 2 unspecified atom stereocenters. The van der Waals surface area contributed by atoms with E-state index in [2.05, 4.69) is 5.32 Å². The van der Waals surface area contributed by atoms with Crippen LogP contribution in [0.3, 0.4) is 0 Å². The van der Waals surface area contributed by atoms with Gasteiger partial charge in [-0.3, -0.25) is 9.59 Å². The minimum atomic E-state index is -0.831. The Hall–Kier alpha value is -3.19. The van der Waals surface area contributed by atoms with Gasteiger partial charge >= 0.3 is 0 Å². The highest BCUT2D eigenvalue weighted by molar-refractivity contribution is 7.99. The molecule has 0 heterocycles. The number of thioether (sulfide) groups is 1. The van der Waals surface area contributed by atoms with Crippen molar-refractivity contribution in [3.05, 3.63) is 107 Å². The van der Waals surface area contributed by atoms with Gasteiger partial charge in [-0.1, -0.05) is 73.7 Å². The molecule has 4 nitrogen and oxygen atoms in total. The molecule has 0 spiro atoms. The molecule has 0 fully saturated rings. The lowest BCUT2D eigenvalue weighted by atomic mass is 10.0. The van der Waals surface area contributed by atoms with E-state index in [1.54, 1.807) is 36.4 Å². The Balaban J connectivity index is 1.87. The van der Waals surface area contributed by atoms with E-state index in [-0.39, 0.29) is 36.0 Å². The number of carbonyl (C=O) groups is 2. The monoisotopic (exact) mass is 510 g/mol. The summed E-state index contributed by atoms with van der Waals surface area (Å²) in [4.78, 5) is 28.4. The molecule has 0 bridgehead atoms. The third kappa shape index (κ3) is 7.92. The van der Waals surface area contributed by atoms with Crippen LogP contribution in [0.1, 0.15) is 37.0 Å². The van der Waals surface area contributed by atoms with Crippen molar-refractivity contribution < 1.29 is 18.4 Å². The lowest BCUT2D eigenvalue weighted by molar-refractivity contribution is -0.139. The molecule has 0 aromatic heterocycles. The van der Waals surface area contributed by atoms with Gasteiger partial charge in [0.15, 0.2) is 0 Å². The zero-order valence-corrected chi connectivity index (χ0v) is 21.4. The number of hydrogen-bond acceptors (Lipinski definition) is 3. The Morgan fingerprint density at radius 3 is 2.08 bits per heavy atom. The van der Waals surface area contributed by atoms with Crippen molar-refractivity contribution in [3.8, 4) is 0 Å². The maximum atomic E-state index is 14.6. The highest BCUT2D eigenvalue weighted by atomic mass is 32.2. The van der Waals surface area contributed by atoms with Gasteiger partial charge in [-0.2, -0.15) is 0 Å². The number of nitrogens with one attached hydrogen (secondary N) is 1. The first-order valence-electron chi connectivity index (χ1n) is 12.1. The Labute approximate surface area is 216 Å². The van der Waals surface area contributed by atoms with E-state index < -0.39 is 11.9 Å². The van der Waals surface area contributed by atoms with Crippen molar-refractivity contribution in [1.82, 2.24) is 10.2 Å². The highest BCUT2D eigenvalue weighted by Gasteiger charge is 2.31. The third-order valence-electron chi connectivity index (χ3n) is 6.01. The fourth-order valence-corrected chi connectivity index (χ4v) is 4.65. The lowest BCUT2D eigenvalue weighted by Gasteiger charge is -2.32. The van der Waals surface area contributed by atoms with Crippen LogP contribution in [0.25, 0.3) is 0 Å². The summed E-state index contributed by atoms with van der Waals surface area (Å²) in [6, 6.07) is 21.3. The summed E-state index contributed by atoms with van der Waals surface area (Å²) in [6.07, 6.45) is 1.03. The number of rotatable bonds is 12. The summed E-state index contributed by atoms with van der Waals surface area (Å²) in [5, 5.41) is 2.99. The first-order chi connectivity index (χ1) is 17.4. The van der Waals surface area contributed by atoms with Crippen LogP contribution in [0.4, 0.5) is 8.78 Å². The number of benzene rings is 3. The molecule has 0 aliphatic rings. The SMILES string of the molecule is CCC(C)NC(=O)C(Cc1ccccc1)N(Cc1ccccc1F)C(=O)CSCc1ccccc1F. The maximum Gasteiger partial charge on any atom is 0.243 e. The van der Waals surface area contributed by atoms with Gasteiger partial charge in [0.2, 0.25) is 11.8 Å². The Kier molecular flexibility index (Phi) is 10.5. The molecule has 7 heteroatoms. The van der Waals surface area contributed by atoms with Crippen LogP contribution in [0.5, 0.6) is 0 Å². The number of nitrogens with zero attached hydrogens (tertiary/aromatic N) is 1. The predicted molar refractivity (Wildman–Crippen MR) is 141 cm³/mol. The molecule has 2 amide bonds. The van der Waals surface area contributed by atoms with E-state index in [9.17, 15) is 18.4 Å². The molecule has 36 heavy (non-hydrogen) atoms. The second-order valence-corrected chi connectivity index (χ2v) is 9.71. The average molecular weight is 511 g/mol. The van der Waals surface area contributed by atoms with Gasteiger partial charge in [0.25, 0.3) is 0 Å². The molecule has 0 saturated heterocycles. The molecule has 0 radical (unpaired) electrons. The molecular formula is C29H32F2N2O2S. The van der Waals surface area contributed by atoms with Crippen LogP contribution < -0.4 is 5.32 Å². The molecule has 0 aliphatic carbocycles. The Morgan fingerprint density at radius 1 is 0.889 bits per heavy atom. The lowest BCUT2D eigenvalue weighted by Crippen LogP contribution is -2.52. The quantitative estimate of drug-likeness (QED) is 0.337. The Bertz CT molecular complexity index is 1140. The Morgan fingerprint density at radius 2 is 1.47 bits per heavy atom. The van der Waals surface area contributed by atoms with Crippen molar-refractivity contribution >= 4 is 23.6 Å². The van der Waals surface area contributed by atoms with Crippen LogP contribution in [-0.4, -0.2) is 34.6 Å². The standard InChI is InChI=1S/C29H32F2N2O2S/c1-3-21(2)32-29(35)27(17-22-11-5-4-6-12-22)33(18-23-13-7-9-15-25(23)30)28(34)20-36-19-24-14-8-10-16-26(24)31/h4-16,21,27H,3,17-20H2,1-2H3,(H,32,35). The number of hydrogen-bond donors (Lipinski definition) is 1. The van der Waals surface area contributed by atoms with Gasteiger partial charge in [0, 0.05) is 30.3 Å². The van der Waals surface area contributed by atoms with E-state index in [1.807, 2.05) is 44.2 Å². The van der Waals surface area contributed by atoms with Crippen LogP contribution in [-0.2, 0) is 28.3 Å². The molecule has 1 N–H and O–H groups in total. The topological polar surface area (TPSA) is 49.4 Å². The first kappa shape index (κ1) is 27.4. The minimum Gasteiger partial charge on any atom is -0.352 e. The van der Waals surface area contributed by atoms with Gasteiger partial charge in [-0.25, -0.2) is 8.78 Å². The summed E-state index contributed by atoms with van der Waals surface area (Å²) in [5.41, 5.74) is 1.73. The van der Waals surface area contributed by atoms with Crippen molar-refractivity contribution in [2.24, 2.45) is 0 Å². The maximum absolute atomic E-state index is 14.6. The number of amides is 2. The second-order valence-electron chi connectivity index (χ2n) is 8.72. The van der Waals surface area contributed by atoms with Gasteiger partial charge in [0.05, 0.1) is 5.75 Å². The minimum absolute atomic E-state index is 0.0324. The fourth-order valence-electron chi connectivity index (χ4n) is 3.75. The smallest absolute Gasteiger partial charge is 0.243 e. The summed E-state index contributed by atoms with van der Waals surface area (Å²) < 4.78 is 28.6. The normalized spacial score (nSPS) is 12.6. The third-order valence-corrected chi connectivity index (χ3v) is 6.98. The van der Waals surface area contributed by atoms with Crippen molar-refractivity contribution in [2.45, 2.75) is 51.1 Å². The van der Waals surface area contributed by atoms with Crippen molar-refractivity contribution in [1.29, 1.82) is 0 Å². The van der Waals surface area contributed by atoms with Crippen molar-refractivity contribution in [3.63, 3.8) is 0 Å². The molecule has 2 atom stereocenters. The molecule has 3 aromatic rings. The fraction of sp³-hybridized carbons (Fsp3) is 0.310. The molecule has 3 rings (SSSR count). The van der Waals surface area contributed by atoms with Crippen LogP contribution in [0.15, 0.2) is 78.9 Å². The molecular weight excluding hydrogens is 478 g/mol. The zero-order chi connectivity index (χ0) is 25.9. The summed E-state index contributed by atoms with van der Waals surface area (Å²) in [6.45, 7) is 3.83. The van der Waals surface area contributed by atoms with E-state index in [4.69, 9.17) is 0 Å². The summed E-state index contributed by atoms with van der Waals surface area (Å²) in [7, 11) is 0. The van der Waals surface area contributed by atoms with Gasteiger partial charge < -0.3 is 10.2 Å². The summed E-state index contributed by atoms with van der Waals surface area (Å²) in [5.74, 6) is -0.999. The molecule has 0 aliphatic heterocycles. The van der Waals surface area contributed by atoms with Gasteiger partial charge in [-0.15, -0.1) is 11.8 Å². The van der Waals surface area contributed by atoms with E-state index in [1.165, 1.54) is 28.8 Å². The van der Waals surface area contributed by atoms with E-state index in [0.29, 0.717) is 23.3 Å².